The van der Waals surface area contributed by atoms with E-state index in [1.165, 1.54) is 12.1 Å². The van der Waals surface area contributed by atoms with E-state index < -0.39 is 0 Å². The zero-order valence-electron chi connectivity index (χ0n) is 12.9. The lowest BCUT2D eigenvalue weighted by atomic mass is 10.1. The lowest BCUT2D eigenvalue weighted by Gasteiger charge is -2.11. The third-order valence-electron chi connectivity index (χ3n) is 3.72. The van der Waals surface area contributed by atoms with Crippen LogP contribution < -0.4 is 10.1 Å². The van der Waals surface area contributed by atoms with Crippen LogP contribution in [0, 0.1) is 11.3 Å². The van der Waals surface area contributed by atoms with Crippen LogP contribution in [0.25, 0.3) is 6.08 Å². The highest BCUT2D eigenvalue weighted by Gasteiger charge is 2.19. The highest BCUT2D eigenvalue weighted by atomic mass is 35.5. The molecule has 5 nitrogen and oxygen atoms in total. The standard InChI is InChI=1S/C17H19ClN2O3/c1-2-23-15-9-11(8-14(18)16(15)21)7-12(10-19)17(22)20-13-5-3-4-6-13/h7-9,13,21H,2-6H2,1H3,(H,20,22)/b12-7+. The van der Waals surface area contributed by atoms with Crippen LogP contribution in [0.3, 0.4) is 0 Å². The number of hydrogen-bond acceptors (Lipinski definition) is 4. The molecule has 1 aliphatic rings. The summed E-state index contributed by atoms with van der Waals surface area (Å²) in [6.45, 7) is 2.15. The Kier molecular flexibility index (Phi) is 5.89. The van der Waals surface area contributed by atoms with Crippen molar-refractivity contribution in [2.24, 2.45) is 0 Å². The van der Waals surface area contributed by atoms with Gasteiger partial charge in [-0.1, -0.05) is 24.4 Å². The van der Waals surface area contributed by atoms with Crippen molar-refractivity contribution in [2.45, 2.75) is 38.6 Å². The SMILES string of the molecule is CCOc1cc(/C=C(\C#N)C(=O)NC2CCCC2)cc(Cl)c1O. The summed E-state index contributed by atoms with van der Waals surface area (Å²) >= 11 is 5.96. The predicted molar refractivity (Wildman–Crippen MR) is 88.3 cm³/mol. The molecule has 0 heterocycles. The van der Waals surface area contributed by atoms with Crippen molar-refractivity contribution in [2.75, 3.05) is 6.61 Å². The summed E-state index contributed by atoms with van der Waals surface area (Å²) in [5.41, 5.74) is 0.524. The molecule has 6 heteroatoms. The van der Waals surface area contributed by atoms with Gasteiger partial charge in [-0.15, -0.1) is 0 Å². The van der Waals surface area contributed by atoms with Crippen LogP contribution in [0.2, 0.25) is 5.02 Å². The van der Waals surface area contributed by atoms with E-state index in [9.17, 15) is 15.2 Å². The molecule has 1 saturated carbocycles. The summed E-state index contributed by atoms with van der Waals surface area (Å²) in [5, 5.41) is 22.0. The molecule has 23 heavy (non-hydrogen) atoms. The van der Waals surface area contributed by atoms with Crippen molar-refractivity contribution >= 4 is 23.6 Å². The van der Waals surface area contributed by atoms with Gasteiger partial charge < -0.3 is 15.2 Å². The Morgan fingerprint density at radius 3 is 2.83 bits per heavy atom. The number of nitriles is 1. The molecule has 0 aliphatic heterocycles. The minimum absolute atomic E-state index is 0.00102. The normalized spacial score (nSPS) is 15.3. The molecule has 1 aromatic rings. The molecule has 1 aliphatic carbocycles. The van der Waals surface area contributed by atoms with Crippen LogP contribution in [-0.4, -0.2) is 23.7 Å². The van der Waals surface area contributed by atoms with E-state index in [0.717, 1.165) is 25.7 Å². The minimum atomic E-state index is -0.387. The van der Waals surface area contributed by atoms with Gasteiger partial charge in [0.05, 0.1) is 11.6 Å². The molecular formula is C17H19ClN2O3. The molecule has 122 valence electrons. The van der Waals surface area contributed by atoms with Crippen molar-refractivity contribution in [3.8, 4) is 17.6 Å². The van der Waals surface area contributed by atoms with Crippen molar-refractivity contribution < 1.29 is 14.6 Å². The fraction of sp³-hybridized carbons (Fsp3) is 0.412. The second-order valence-corrected chi connectivity index (χ2v) is 5.81. The first-order valence-corrected chi connectivity index (χ1v) is 8.01. The van der Waals surface area contributed by atoms with Gasteiger partial charge in [-0.25, -0.2) is 0 Å². The van der Waals surface area contributed by atoms with E-state index >= 15 is 0 Å². The van der Waals surface area contributed by atoms with Gasteiger partial charge in [0, 0.05) is 6.04 Å². The number of benzene rings is 1. The molecule has 1 aromatic carbocycles. The zero-order valence-corrected chi connectivity index (χ0v) is 13.7. The highest BCUT2D eigenvalue weighted by molar-refractivity contribution is 6.32. The Bertz CT molecular complexity index is 659. The molecule has 0 atom stereocenters. The van der Waals surface area contributed by atoms with Gasteiger partial charge in [0.25, 0.3) is 5.91 Å². The van der Waals surface area contributed by atoms with Crippen LogP contribution in [0.5, 0.6) is 11.5 Å². The molecule has 0 bridgehead atoms. The number of aromatic hydroxyl groups is 1. The molecule has 0 unspecified atom stereocenters. The average Bonchev–Trinajstić information content (AvgIpc) is 3.02. The van der Waals surface area contributed by atoms with E-state index in [2.05, 4.69) is 5.32 Å². The summed E-state index contributed by atoms with van der Waals surface area (Å²) < 4.78 is 5.29. The molecular weight excluding hydrogens is 316 g/mol. The second kappa shape index (κ2) is 7.89. The van der Waals surface area contributed by atoms with Crippen LogP contribution in [0.15, 0.2) is 17.7 Å². The molecule has 2 N–H and O–H groups in total. The number of ether oxygens (including phenoxy) is 1. The van der Waals surface area contributed by atoms with E-state index in [4.69, 9.17) is 16.3 Å². The van der Waals surface area contributed by atoms with Gasteiger partial charge in [0.1, 0.15) is 11.6 Å². The minimum Gasteiger partial charge on any atom is -0.503 e. The number of nitrogens with zero attached hydrogens (tertiary/aromatic N) is 1. The molecule has 0 radical (unpaired) electrons. The molecule has 1 amide bonds. The van der Waals surface area contributed by atoms with Gasteiger partial charge in [-0.3, -0.25) is 4.79 Å². The Labute approximate surface area is 140 Å². The smallest absolute Gasteiger partial charge is 0.262 e. The zero-order chi connectivity index (χ0) is 16.8. The lowest BCUT2D eigenvalue weighted by Crippen LogP contribution is -2.33. The van der Waals surface area contributed by atoms with Crippen molar-refractivity contribution in [3.63, 3.8) is 0 Å². The van der Waals surface area contributed by atoms with Crippen LogP contribution >= 0.6 is 11.6 Å². The Hall–Kier alpha value is -2.19. The number of carbonyl (C=O) groups is 1. The van der Waals surface area contributed by atoms with E-state index in [-0.39, 0.29) is 34.0 Å². The van der Waals surface area contributed by atoms with Gasteiger partial charge in [0.2, 0.25) is 0 Å². The summed E-state index contributed by atoms with van der Waals surface area (Å²) in [7, 11) is 0. The van der Waals surface area contributed by atoms with E-state index in [1.54, 1.807) is 13.0 Å². The van der Waals surface area contributed by atoms with Crippen LogP contribution in [0.4, 0.5) is 0 Å². The number of carbonyl (C=O) groups excluding carboxylic acids is 1. The Balaban J connectivity index is 2.23. The number of nitrogens with one attached hydrogen (secondary N) is 1. The van der Waals surface area contributed by atoms with Crippen molar-refractivity contribution in [1.82, 2.24) is 5.32 Å². The topological polar surface area (TPSA) is 82.3 Å². The summed E-state index contributed by atoms with van der Waals surface area (Å²) in [6, 6.07) is 5.09. The quantitative estimate of drug-likeness (QED) is 0.638. The summed E-state index contributed by atoms with van der Waals surface area (Å²) in [5.74, 6) is -0.319. The van der Waals surface area contributed by atoms with Gasteiger partial charge in [-0.05, 0) is 43.5 Å². The van der Waals surface area contributed by atoms with Gasteiger partial charge in [-0.2, -0.15) is 5.26 Å². The largest absolute Gasteiger partial charge is 0.503 e. The first-order valence-electron chi connectivity index (χ1n) is 7.63. The monoisotopic (exact) mass is 334 g/mol. The maximum absolute atomic E-state index is 12.2. The fourth-order valence-corrected chi connectivity index (χ4v) is 2.81. The van der Waals surface area contributed by atoms with Gasteiger partial charge >= 0.3 is 0 Å². The number of amides is 1. The lowest BCUT2D eigenvalue weighted by molar-refractivity contribution is -0.117. The first kappa shape index (κ1) is 17.2. The van der Waals surface area contributed by atoms with Crippen molar-refractivity contribution in [1.29, 1.82) is 5.26 Å². The maximum atomic E-state index is 12.2. The third kappa shape index (κ3) is 4.40. The fourth-order valence-electron chi connectivity index (χ4n) is 2.59. The molecule has 0 aromatic heterocycles. The van der Waals surface area contributed by atoms with Gasteiger partial charge in [0.15, 0.2) is 11.5 Å². The number of hydrogen-bond donors (Lipinski definition) is 2. The Morgan fingerprint density at radius 1 is 1.52 bits per heavy atom. The second-order valence-electron chi connectivity index (χ2n) is 5.41. The molecule has 2 rings (SSSR count). The summed E-state index contributed by atoms with van der Waals surface area (Å²) in [4.78, 5) is 12.2. The van der Waals surface area contributed by atoms with Crippen LogP contribution in [-0.2, 0) is 4.79 Å². The van der Waals surface area contributed by atoms with Crippen LogP contribution in [0.1, 0.15) is 38.2 Å². The Morgan fingerprint density at radius 2 is 2.22 bits per heavy atom. The summed E-state index contributed by atoms with van der Waals surface area (Å²) in [6.07, 6.45) is 5.54. The highest BCUT2D eigenvalue weighted by Crippen LogP contribution is 2.35. The molecule has 0 saturated heterocycles. The average molecular weight is 335 g/mol. The van der Waals surface area contributed by atoms with E-state index in [1.807, 2.05) is 6.07 Å². The number of phenols is 1. The predicted octanol–water partition coefficient (Wildman–Crippen LogP) is 3.41. The maximum Gasteiger partial charge on any atom is 0.262 e. The van der Waals surface area contributed by atoms with Crippen molar-refractivity contribution in [3.05, 3.63) is 28.3 Å². The number of rotatable bonds is 5. The number of halogens is 1. The van der Waals surface area contributed by atoms with E-state index in [0.29, 0.717) is 12.2 Å². The molecule has 1 fully saturated rings. The number of phenolic OH excluding ortho intramolecular Hbond substituents is 1. The first-order chi connectivity index (χ1) is 11.0. The molecule has 0 spiro atoms. The third-order valence-corrected chi connectivity index (χ3v) is 4.01.